The Hall–Kier alpha value is -3.57. The van der Waals surface area contributed by atoms with Crippen molar-refractivity contribution in [2.45, 2.75) is 88.6 Å². The lowest BCUT2D eigenvalue weighted by Crippen LogP contribution is -2.60. The van der Waals surface area contributed by atoms with Gasteiger partial charge in [0.05, 0.1) is 12.7 Å². The van der Waals surface area contributed by atoms with Crippen LogP contribution in [0, 0.1) is 0 Å². The molecule has 3 heterocycles. The molecule has 8 N–H and O–H groups in total. The van der Waals surface area contributed by atoms with Crippen LogP contribution in [-0.2, 0) is 15.9 Å². The quantitative estimate of drug-likeness (QED) is 0.151. The van der Waals surface area contributed by atoms with Gasteiger partial charge in [0.25, 0.3) is 0 Å². The van der Waals surface area contributed by atoms with Crippen LogP contribution in [0.1, 0.15) is 26.3 Å². The maximum atomic E-state index is 14.2. The van der Waals surface area contributed by atoms with Crippen molar-refractivity contribution in [1.82, 2.24) is 0 Å². The summed E-state index contributed by atoms with van der Waals surface area (Å²) in [7, 11) is 0. The second-order valence-corrected chi connectivity index (χ2v) is 11.6. The van der Waals surface area contributed by atoms with E-state index in [1.165, 1.54) is 6.92 Å². The minimum absolute atomic E-state index is 0.0925. The molecule has 0 bridgehead atoms. The SMILES string of the molecule is CC(C)=CCc1c(OC2OC(CO)C(O)C(O)C2O)cc(O)c2c(=O)c(OC3OC(C)C(O)C(O)C3O)c(-c3ccccc3)oc12. The number of phenols is 1. The van der Waals surface area contributed by atoms with Crippen molar-refractivity contribution in [1.29, 1.82) is 0 Å². The van der Waals surface area contributed by atoms with Crippen LogP contribution in [0.2, 0.25) is 0 Å². The highest BCUT2D eigenvalue weighted by atomic mass is 16.7. The van der Waals surface area contributed by atoms with Crippen molar-refractivity contribution in [3.63, 3.8) is 0 Å². The maximum absolute atomic E-state index is 14.2. The number of phenolic OH excluding ortho intramolecular Hbond substituents is 1. The summed E-state index contributed by atoms with van der Waals surface area (Å²) in [5.41, 5.74) is 0.488. The standard InChI is InChI=1S/C32H38O14/c1-13(2)9-10-16-18(43-32-27(41)25(39)22(36)19(12-33)44-32)11-17(34)20-23(37)30(28(45-29(16)20)15-7-5-4-6-8-15)46-31-26(40)24(38)21(35)14(3)42-31/h4-9,11,14,19,21-22,24-27,31-36,38-41H,10,12H2,1-3H3. The zero-order chi connectivity index (χ0) is 33.4. The highest BCUT2D eigenvalue weighted by Crippen LogP contribution is 2.41. The molecule has 46 heavy (non-hydrogen) atoms. The van der Waals surface area contributed by atoms with Crippen molar-refractivity contribution >= 4 is 11.0 Å². The number of aliphatic hydroxyl groups excluding tert-OH is 7. The van der Waals surface area contributed by atoms with Gasteiger partial charge in [-0.3, -0.25) is 4.79 Å². The van der Waals surface area contributed by atoms with Gasteiger partial charge in [-0.15, -0.1) is 0 Å². The number of rotatable bonds is 8. The lowest BCUT2D eigenvalue weighted by Gasteiger charge is -2.39. The predicted molar refractivity (Wildman–Crippen MR) is 160 cm³/mol. The zero-order valence-corrected chi connectivity index (χ0v) is 25.3. The Morgan fingerprint density at radius 3 is 2.13 bits per heavy atom. The molecule has 14 heteroatoms. The molecule has 5 rings (SSSR count). The van der Waals surface area contributed by atoms with Gasteiger partial charge in [-0.25, -0.2) is 0 Å². The minimum Gasteiger partial charge on any atom is -0.507 e. The molecule has 10 atom stereocenters. The third-order valence-electron chi connectivity index (χ3n) is 8.05. The molecule has 0 amide bonds. The van der Waals surface area contributed by atoms with E-state index >= 15 is 0 Å². The molecular weight excluding hydrogens is 608 g/mol. The van der Waals surface area contributed by atoms with E-state index in [0.717, 1.165) is 11.6 Å². The van der Waals surface area contributed by atoms with Gasteiger partial charge >= 0.3 is 0 Å². The Bertz CT molecular complexity index is 1610. The van der Waals surface area contributed by atoms with Crippen LogP contribution in [0.4, 0.5) is 0 Å². The van der Waals surface area contributed by atoms with Gasteiger partial charge in [-0.2, -0.15) is 0 Å². The van der Waals surface area contributed by atoms with E-state index < -0.39 is 84.9 Å². The summed E-state index contributed by atoms with van der Waals surface area (Å²) in [5, 5.41) is 82.6. The third kappa shape index (κ3) is 6.36. The molecule has 1 aromatic heterocycles. The number of benzene rings is 2. The molecule has 10 unspecified atom stereocenters. The van der Waals surface area contributed by atoms with E-state index in [1.54, 1.807) is 36.4 Å². The lowest BCUT2D eigenvalue weighted by atomic mass is 9.99. The molecule has 2 aromatic carbocycles. The van der Waals surface area contributed by atoms with Crippen LogP contribution in [0.25, 0.3) is 22.3 Å². The number of ether oxygens (including phenoxy) is 4. The van der Waals surface area contributed by atoms with E-state index in [-0.39, 0.29) is 34.5 Å². The van der Waals surface area contributed by atoms with Crippen molar-refractivity contribution in [2.75, 3.05) is 6.61 Å². The fraction of sp³-hybridized carbons (Fsp3) is 0.469. The van der Waals surface area contributed by atoms with Crippen molar-refractivity contribution < 1.29 is 64.2 Å². The van der Waals surface area contributed by atoms with E-state index in [0.29, 0.717) is 5.56 Å². The van der Waals surface area contributed by atoms with Gasteiger partial charge in [0.2, 0.25) is 23.8 Å². The summed E-state index contributed by atoms with van der Waals surface area (Å²) in [4.78, 5) is 14.2. The van der Waals surface area contributed by atoms with E-state index in [2.05, 4.69) is 0 Å². The molecule has 0 spiro atoms. The number of aromatic hydroxyl groups is 1. The first kappa shape index (κ1) is 33.8. The van der Waals surface area contributed by atoms with Crippen LogP contribution in [0.15, 0.2) is 57.3 Å². The van der Waals surface area contributed by atoms with Crippen molar-refractivity contribution in [3.05, 3.63) is 63.8 Å². The zero-order valence-electron chi connectivity index (χ0n) is 25.3. The second kappa shape index (κ2) is 13.7. The minimum atomic E-state index is -1.76. The van der Waals surface area contributed by atoms with Crippen LogP contribution in [0.3, 0.4) is 0 Å². The highest BCUT2D eigenvalue weighted by molar-refractivity contribution is 5.91. The first-order valence-electron chi connectivity index (χ1n) is 14.7. The summed E-state index contributed by atoms with van der Waals surface area (Å²) in [6.45, 7) is 4.43. The van der Waals surface area contributed by atoms with Gasteiger partial charge < -0.3 is 64.2 Å². The van der Waals surface area contributed by atoms with Gasteiger partial charge in [-0.05, 0) is 27.2 Å². The van der Waals surface area contributed by atoms with Gasteiger partial charge in [-0.1, -0.05) is 42.0 Å². The molecular formula is C32H38O14. The van der Waals surface area contributed by atoms with Crippen LogP contribution < -0.4 is 14.9 Å². The highest BCUT2D eigenvalue weighted by Gasteiger charge is 2.46. The molecule has 14 nitrogen and oxygen atoms in total. The second-order valence-electron chi connectivity index (χ2n) is 11.6. The number of hydrogen-bond donors (Lipinski definition) is 8. The Labute approximate surface area is 262 Å². The smallest absolute Gasteiger partial charge is 0.239 e. The monoisotopic (exact) mass is 646 g/mol. The van der Waals surface area contributed by atoms with Crippen molar-refractivity contribution in [2.24, 2.45) is 0 Å². The Kier molecular flexibility index (Phi) is 10.0. The fourth-order valence-corrected chi connectivity index (χ4v) is 5.37. The Balaban J connectivity index is 1.69. The average Bonchev–Trinajstić information content (AvgIpc) is 3.03. The maximum Gasteiger partial charge on any atom is 0.239 e. The van der Waals surface area contributed by atoms with Crippen molar-refractivity contribution in [3.8, 4) is 28.6 Å². The van der Waals surface area contributed by atoms with Gasteiger partial charge in [0, 0.05) is 17.2 Å². The summed E-state index contributed by atoms with van der Waals surface area (Å²) in [5.74, 6) is -1.29. The number of fused-ring (bicyclic) bond motifs is 1. The molecule has 2 saturated heterocycles. The topological polar surface area (TPSA) is 229 Å². The molecule has 2 aliphatic rings. The van der Waals surface area contributed by atoms with E-state index in [1.807, 2.05) is 13.8 Å². The predicted octanol–water partition coefficient (Wildman–Crippen LogP) is 0.0593. The summed E-state index contributed by atoms with van der Waals surface area (Å²) >= 11 is 0. The summed E-state index contributed by atoms with van der Waals surface area (Å²) in [6.07, 6.45) is -13.5. The first-order valence-corrected chi connectivity index (χ1v) is 14.7. The van der Waals surface area contributed by atoms with E-state index in [4.69, 9.17) is 23.4 Å². The van der Waals surface area contributed by atoms with Crippen LogP contribution >= 0.6 is 0 Å². The molecule has 2 aliphatic heterocycles. The largest absolute Gasteiger partial charge is 0.507 e. The summed E-state index contributed by atoms with van der Waals surface area (Å²) < 4.78 is 29.2. The van der Waals surface area contributed by atoms with E-state index in [9.17, 15) is 45.6 Å². The number of allylic oxidation sites excluding steroid dienone is 2. The Morgan fingerprint density at radius 1 is 0.870 bits per heavy atom. The first-order chi connectivity index (χ1) is 21.8. The normalized spacial score (nSPS) is 31.4. The molecule has 3 aromatic rings. The lowest BCUT2D eigenvalue weighted by molar-refractivity contribution is -0.277. The van der Waals surface area contributed by atoms with Gasteiger partial charge in [0.15, 0.2) is 5.76 Å². The number of hydrogen-bond acceptors (Lipinski definition) is 14. The molecule has 0 saturated carbocycles. The summed E-state index contributed by atoms with van der Waals surface area (Å²) in [6, 6.07) is 9.43. The molecule has 0 aliphatic carbocycles. The third-order valence-corrected chi connectivity index (χ3v) is 8.05. The molecule has 250 valence electrons. The molecule has 2 fully saturated rings. The van der Waals surface area contributed by atoms with Gasteiger partial charge in [0.1, 0.15) is 65.2 Å². The average molecular weight is 647 g/mol. The number of aliphatic hydroxyl groups is 7. The van der Waals surface area contributed by atoms with Crippen LogP contribution in [-0.4, -0.2) is 109 Å². The Morgan fingerprint density at radius 2 is 1.50 bits per heavy atom. The van der Waals surface area contributed by atoms with Crippen LogP contribution in [0.5, 0.6) is 17.2 Å². The molecule has 0 radical (unpaired) electrons. The fourth-order valence-electron chi connectivity index (χ4n) is 5.37.